The number of piperazine rings is 1. The molecule has 3 heteroatoms. The Balaban J connectivity index is 1.46. The van der Waals surface area contributed by atoms with Crippen LogP contribution in [0.5, 0.6) is 0 Å². The average molecular weight is 307 g/mol. The highest BCUT2D eigenvalue weighted by molar-refractivity contribution is 5.52. The van der Waals surface area contributed by atoms with Gasteiger partial charge in [0.2, 0.25) is 0 Å². The Hall–Kier alpha value is -1.97. The Morgan fingerprint density at radius 1 is 0.957 bits per heavy atom. The van der Waals surface area contributed by atoms with Crippen molar-refractivity contribution in [2.45, 2.75) is 13.5 Å². The quantitative estimate of drug-likeness (QED) is 0.845. The van der Waals surface area contributed by atoms with E-state index >= 15 is 0 Å². The number of nitrogens with zero attached hydrogens (tertiary/aromatic N) is 3. The molecule has 1 saturated heterocycles. The Morgan fingerprint density at radius 2 is 1.65 bits per heavy atom. The Bertz CT molecular complexity index is 614. The van der Waals surface area contributed by atoms with E-state index in [9.17, 15) is 0 Å². The normalized spacial score (nSPS) is 17.3. The van der Waals surface area contributed by atoms with Crippen LogP contribution in [0.3, 0.4) is 0 Å². The number of pyridine rings is 1. The minimum atomic E-state index is 0.966. The van der Waals surface area contributed by atoms with Gasteiger partial charge in [0, 0.05) is 45.5 Å². The molecule has 1 fully saturated rings. The predicted octanol–water partition coefficient (Wildman–Crippen LogP) is 3.30. The first-order valence-electron chi connectivity index (χ1n) is 8.36. The molecule has 2 heterocycles. The fourth-order valence-electron chi connectivity index (χ4n) is 3.06. The largest absolute Gasteiger partial charge is 0.297 e. The van der Waals surface area contributed by atoms with Crippen molar-refractivity contribution < 1.29 is 0 Å². The number of rotatable bonds is 5. The molecule has 120 valence electrons. The van der Waals surface area contributed by atoms with Gasteiger partial charge in [0.25, 0.3) is 0 Å². The molecule has 0 radical (unpaired) electrons. The summed E-state index contributed by atoms with van der Waals surface area (Å²) in [5.41, 5.74) is 3.88. The summed E-state index contributed by atoms with van der Waals surface area (Å²) >= 11 is 0. The highest BCUT2D eigenvalue weighted by Gasteiger charge is 2.17. The van der Waals surface area contributed by atoms with Crippen molar-refractivity contribution in [2.24, 2.45) is 0 Å². The lowest BCUT2D eigenvalue weighted by molar-refractivity contribution is 0.134. The lowest BCUT2D eigenvalue weighted by atomic mass is 10.1. The Kier molecular flexibility index (Phi) is 5.56. The van der Waals surface area contributed by atoms with Crippen LogP contribution in [0.15, 0.2) is 60.3 Å². The van der Waals surface area contributed by atoms with Gasteiger partial charge in [0.15, 0.2) is 0 Å². The van der Waals surface area contributed by atoms with E-state index in [1.165, 1.54) is 16.8 Å². The molecule has 0 amide bonds. The lowest BCUT2D eigenvalue weighted by Crippen LogP contribution is -2.46. The second kappa shape index (κ2) is 8.04. The van der Waals surface area contributed by atoms with E-state index in [0.717, 1.165) is 39.3 Å². The summed E-state index contributed by atoms with van der Waals surface area (Å²) in [6, 6.07) is 16.7. The van der Waals surface area contributed by atoms with E-state index in [2.05, 4.69) is 70.2 Å². The van der Waals surface area contributed by atoms with Crippen LogP contribution in [0.25, 0.3) is 6.08 Å². The summed E-state index contributed by atoms with van der Waals surface area (Å²) in [6.07, 6.45) is 4.17. The molecule has 1 aliphatic rings. The van der Waals surface area contributed by atoms with Gasteiger partial charge < -0.3 is 0 Å². The monoisotopic (exact) mass is 307 g/mol. The third-order valence-corrected chi connectivity index (χ3v) is 4.26. The number of aromatic nitrogens is 1. The van der Waals surface area contributed by atoms with Crippen LogP contribution < -0.4 is 0 Å². The van der Waals surface area contributed by atoms with Crippen LogP contribution in [-0.4, -0.2) is 47.5 Å². The van der Waals surface area contributed by atoms with E-state index in [4.69, 9.17) is 0 Å². The van der Waals surface area contributed by atoms with Gasteiger partial charge in [0.1, 0.15) is 0 Å². The van der Waals surface area contributed by atoms with E-state index in [-0.39, 0.29) is 0 Å². The zero-order chi connectivity index (χ0) is 15.9. The van der Waals surface area contributed by atoms with Crippen LogP contribution in [0.2, 0.25) is 0 Å². The molecule has 0 N–H and O–H groups in total. The molecule has 0 bridgehead atoms. The first kappa shape index (κ1) is 15.9. The Morgan fingerprint density at radius 3 is 2.35 bits per heavy atom. The van der Waals surface area contributed by atoms with Gasteiger partial charge >= 0.3 is 0 Å². The van der Waals surface area contributed by atoms with Gasteiger partial charge in [-0.05, 0) is 24.6 Å². The zero-order valence-electron chi connectivity index (χ0n) is 13.9. The zero-order valence-corrected chi connectivity index (χ0v) is 13.9. The third kappa shape index (κ3) is 5.02. The van der Waals surface area contributed by atoms with Crippen LogP contribution in [-0.2, 0) is 6.54 Å². The summed E-state index contributed by atoms with van der Waals surface area (Å²) in [5.74, 6) is 0. The minimum Gasteiger partial charge on any atom is -0.297 e. The maximum absolute atomic E-state index is 4.42. The standard InChI is InChI=1S/C20H25N3/c1-18(15-19-7-3-2-4-8-19)16-22-11-13-23(14-12-22)17-20-9-5-6-10-21-20/h2-10,15H,11-14,16-17H2,1H3/b18-15+. The molecule has 1 aliphatic heterocycles. The van der Waals surface area contributed by atoms with Crippen LogP contribution in [0, 0.1) is 0 Å². The van der Waals surface area contributed by atoms with Crippen molar-refractivity contribution in [3.8, 4) is 0 Å². The maximum Gasteiger partial charge on any atom is 0.0543 e. The van der Waals surface area contributed by atoms with Crippen molar-refractivity contribution in [2.75, 3.05) is 32.7 Å². The minimum absolute atomic E-state index is 0.966. The van der Waals surface area contributed by atoms with Crippen molar-refractivity contribution >= 4 is 6.08 Å². The van der Waals surface area contributed by atoms with Gasteiger partial charge in [0.05, 0.1) is 5.69 Å². The first-order chi connectivity index (χ1) is 11.3. The summed E-state index contributed by atoms with van der Waals surface area (Å²) in [7, 11) is 0. The summed E-state index contributed by atoms with van der Waals surface area (Å²) in [6.45, 7) is 8.76. The van der Waals surface area contributed by atoms with Crippen molar-refractivity contribution in [1.82, 2.24) is 14.8 Å². The number of hydrogen-bond donors (Lipinski definition) is 0. The first-order valence-corrected chi connectivity index (χ1v) is 8.36. The molecule has 0 saturated carbocycles. The van der Waals surface area contributed by atoms with Crippen LogP contribution in [0.4, 0.5) is 0 Å². The summed E-state index contributed by atoms with van der Waals surface area (Å²) in [4.78, 5) is 9.46. The molecular weight excluding hydrogens is 282 g/mol. The van der Waals surface area contributed by atoms with Crippen LogP contribution >= 0.6 is 0 Å². The van der Waals surface area contributed by atoms with E-state index in [1.54, 1.807) is 0 Å². The predicted molar refractivity (Wildman–Crippen MR) is 96.0 cm³/mol. The van der Waals surface area contributed by atoms with Gasteiger partial charge in [-0.2, -0.15) is 0 Å². The number of hydrogen-bond acceptors (Lipinski definition) is 3. The van der Waals surface area contributed by atoms with E-state index in [1.807, 2.05) is 12.3 Å². The third-order valence-electron chi connectivity index (χ3n) is 4.26. The molecule has 0 atom stereocenters. The smallest absolute Gasteiger partial charge is 0.0543 e. The highest BCUT2D eigenvalue weighted by atomic mass is 15.3. The molecule has 0 spiro atoms. The van der Waals surface area contributed by atoms with Crippen molar-refractivity contribution in [1.29, 1.82) is 0 Å². The van der Waals surface area contributed by atoms with Gasteiger partial charge in [-0.1, -0.05) is 48.0 Å². The van der Waals surface area contributed by atoms with E-state index in [0.29, 0.717) is 0 Å². The molecular formula is C20H25N3. The molecule has 23 heavy (non-hydrogen) atoms. The Labute approximate surface area is 139 Å². The molecule has 3 nitrogen and oxygen atoms in total. The second-order valence-electron chi connectivity index (χ2n) is 6.27. The number of benzene rings is 1. The van der Waals surface area contributed by atoms with Crippen molar-refractivity contribution in [3.05, 3.63) is 71.6 Å². The summed E-state index contributed by atoms with van der Waals surface area (Å²) in [5, 5.41) is 0. The topological polar surface area (TPSA) is 19.4 Å². The fourth-order valence-corrected chi connectivity index (χ4v) is 3.06. The highest BCUT2D eigenvalue weighted by Crippen LogP contribution is 2.11. The molecule has 3 rings (SSSR count). The fraction of sp³-hybridized carbons (Fsp3) is 0.350. The SMILES string of the molecule is C/C(=C\c1ccccc1)CN1CCN(Cc2ccccn2)CC1. The molecule has 0 unspecified atom stereocenters. The van der Waals surface area contributed by atoms with Crippen LogP contribution in [0.1, 0.15) is 18.2 Å². The molecule has 1 aromatic carbocycles. The molecule has 0 aliphatic carbocycles. The molecule has 1 aromatic heterocycles. The van der Waals surface area contributed by atoms with Gasteiger partial charge in [-0.3, -0.25) is 14.8 Å². The second-order valence-corrected chi connectivity index (χ2v) is 6.27. The average Bonchev–Trinajstić information content (AvgIpc) is 2.58. The summed E-state index contributed by atoms with van der Waals surface area (Å²) < 4.78 is 0. The van der Waals surface area contributed by atoms with Crippen molar-refractivity contribution in [3.63, 3.8) is 0 Å². The van der Waals surface area contributed by atoms with E-state index < -0.39 is 0 Å². The molecule has 2 aromatic rings. The van der Waals surface area contributed by atoms with Gasteiger partial charge in [-0.25, -0.2) is 0 Å². The lowest BCUT2D eigenvalue weighted by Gasteiger charge is -2.34. The maximum atomic E-state index is 4.42. The van der Waals surface area contributed by atoms with Gasteiger partial charge in [-0.15, -0.1) is 0 Å².